The molecule has 4 rings (SSSR count). The lowest BCUT2D eigenvalue weighted by atomic mass is 9.80. The van der Waals surface area contributed by atoms with Crippen LogP contribution in [0, 0.1) is 3.57 Å². The van der Waals surface area contributed by atoms with E-state index in [4.69, 9.17) is 5.11 Å². The summed E-state index contributed by atoms with van der Waals surface area (Å²) in [5, 5.41) is 14.7. The lowest BCUT2D eigenvalue weighted by molar-refractivity contribution is -0.253. The zero-order valence-corrected chi connectivity index (χ0v) is 23.2. The van der Waals surface area contributed by atoms with E-state index in [1.54, 1.807) is 48.7 Å². The van der Waals surface area contributed by atoms with E-state index in [1.807, 2.05) is 0 Å². The first-order chi connectivity index (χ1) is 19.5. The molecule has 3 aromatic carbocycles. The van der Waals surface area contributed by atoms with Gasteiger partial charge in [0, 0.05) is 21.9 Å². The summed E-state index contributed by atoms with van der Waals surface area (Å²) in [4.78, 5) is 29.1. The first kappa shape index (κ1) is 29.8. The number of benzene rings is 3. The van der Waals surface area contributed by atoms with Gasteiger partial charge in [-0.3, -0.25) is 4.98 Å². The standard InChI is InChI=1S/C29H22F4IN3O4/c30-26(31)29(32,33)41-23-8-4-7-20(15-23)28(16-18-5-2-1-3-6-18,24-14-11-21(34)17-35-24)37-27(40)36-22-12-9-19(10-13-22)25(38)39/h1-15,17,26H,16H2,(H,38,39)(H2,36,37,40)/t28-/m1/s1. The van der Waals surface area contributed by atoms with Crippen LogP contribution >= 0.6 is 22.6 Å². The van der Waals surface area contributed by atoms with Crippen molar-refractivity contribution in [3.8, 4) is 5.75 Å². The number of carboxylic acids is 1. The summed E-state index contributed by atoms with van der Waals surface area (Å²) in [6.07, 6.45) is -7.16. The van der Waals surface area contributed by atoms with Crippen molar-refractivity contribution in [1.82, 2.24) is 10.3 Å². The third-order valence-corrected chi connectivity index (χ3v) is 6.67. The van der Waals surface area contributed by atoms with Crippen LogP contribution in [0.25, 0.3) is 0 Å². The van der Waals surface area contributed by atoms with Gasteiger partial charge < -0.3 is 20.5 Å². The molecule has 0 bridgehead atoms. The molecule has 0 aliphatic heterocycles. The number of hydrogen-bond acceptors (Lipinski definition) is 4. The van der Waals surface area contributed by atoms with Crippen molar-refractivity contribution in [2.75, 3.05) is 5.32 Å². The van der Waals surface area contributed by atoms with Gasteiger partial charge in [-0.15, -0.1) is 0 Å². The number of carbonyl (C=O) groups excluding carboxylic acids is 1. The zero-order valence-electron chi connectivity index (χ0n) is 21.0. The summed E-state index contributed by atoms with van der Waals surface area (Å²) in [6.45, 7) is 0. The molecule has 12 heteroatoms. The predicted octanol–water partition coefficient (Wildman–Crippen LogP) is 6.93. The number of hydrogen-bond donors (Lipinski definition) is 3. The van der Waals surface area contributed by atoms with Crippen LogP contribution in [-0.2, 0) is 12.0 Å². The van der Waals surface area contributed by atoms with Gasteiger partial charge in [0.05, 0.1) is 11.3 Å². The lowest BCUT2D eigenvalue weighted by Gasteiger charge is -2.35. The van der Waals surface area contributed by atoms with Crippen LogP contribution in [-0.4, -0.2) is 34.6 Å². The first-order valence-corrected chi connectivity index (χ1v) is 13.1. The van der Waals surface area contributed by atoms with Crippen molar-refractivity contribution in [3.05, 3.63) is 123 Å². The predicted molar refractivity (Wildman–Crippen MR) is 151 cm³/mol. The molecule has 7 nitrogen and oxygen atoms in total. The molecule has 0 fully saturated rings. The van der Waals surface area contributed by atoms with Crippen molar-refractivity contribution in [2.24, 2.45) is 0 Å². The molecule has 212 valence electrons. The largest absolute Gasteiger partial charge is 0.478 e. The zero-order chi connectivity index (χ0) is 29.6. The van der Waals surface area contributed by atoms with E-state index >= 15 is 0 Å². The summed E-state index contributed by atoms with van der Waals surface area (Å²) >= 11 is 2.06. The number of halogens is 5. The average molecular weight is 679 g/mol. The van der Waals surface area contributed by atoms with E-state index in [0.717, 1.165) is 21.3 Å². The molecule has 0 saturated heterocycles. The van der Waals surface area contributed by atoms with Crippen molar-refractivity contribution in [1.29, 1.82) is 0 Å². The third-order valence-electron chi connectivity index (χ3n) is 6.03. The number of pyridine rings is 1. The van der Waals surface area contributed by atoms with Crippen molar-refractivity contribution in [3.63, 3.8) is 0 Å². The quantitative estimate of drug-likeness (QED) is 0.125. The molecule has 1 heterocycles. The minimum atomic E-state index is -4.74. The molecule has 1 aromatic heterocycles. The normalized spacial score (nSPS) is 12.8. The molecule has 0 aliphatic carbocycles. The Kier molecular flexibility index (Phi) is 9.11. The van der Waals surface area contributed by atoms with Gasteiger partial charge in [-0.1, -0.05) is 42.5 Å². The van der Waals surface area contributed by atoms with Crippen LogP contribution in [0.3, 0.4) is 0 Å². The van der Waals surface area contributed by atoms with E-state index in [9.17, 15) is 27.2 Å². The molecule has 3 N–H and O–H groups in total. The van der Waals surface area contributed by atoms with E-state index in [1.165, 1.54) is 36.4 Å². The Morgan fingerprint density at radius 3 is 2.27 bits per heavy atom. The average Bonchev–Trinajstić information content (AvgIpc) is 2.93. The maximum Gasteiger partial charge on any atom is 0.461 e. The van der Waals surface area contributed by atoms with Crippen LogP contribution in [0.15, 0.2) is 97.2 Å². The number of alkyl halides is 4. The molecule has 0 radical (unpaired) electrons. The van der Waals surface area contributed by atoms with Crippen LogP contribution in [0.1, 0.15) is 27.2 Å². The van der Waals surface area contributed by atoms with Gasteiger partial charge in [0.2, 0.25) is 0 Å². The van der Waals surface area contributed by atoms with E-state index in [0.29, 0.717) is 5.69 Å². The number of rotatable bonds is 10. The number of nitrogens with zero attached hydrogens (tertiary/aromatic N) is 1. The van der Waals surface area contributed by atoms with Crippen LogP contribution in [0.2, 0.25) is 0 Å². The molecule has 0 saturated carbocycles. The Hall–Kier alpha value is -4.20. The molecular weight excluding hydrogens is 657 g/mol. The molecule has 2 amide bonds. The molecule has 0 spiro atoms. The first-order valence-electron chi connectivity index (χ1n) is 12.0. The number of aromatic nitrogens is 1. The third kappa shape index (κ3) is 7.31. The smallest absolute Gasteiger partial charge is 0.461 e. The SMILES string of the molecule is O=C(Nc1ccc(C(=O)O)cc1)N[C@](Cc1ccccc1)(c1cccc(OC(F)(F)C(F)F)c1)c1ccc(I)cn1. The highest BCUT2D eigenvalue weighted by molar-refractivity contribution is 14.1. The maximum atomic E-state index is 13.8. The van der Waals surface area contributed by atoms with Gasteiger partial charge in [-0.25, -0.2) is 9.59 Å². The second-order valence-electron chi connectivity index (χ2n) is 8.88. The molecule has 1 atom stereocenters. The van der Waals surface area contributed by atoms with Gasteiger partial charge in [0.1, 0.15) is 11.3 Å². The summed E-state index contributed by atoms with van der Waals surface area (Å²) in [6, 6.07) is 22.3. The van der Waals surface area contributed by atoms with Crippen molar-refractivity contribution in [2.45, 2.75) is 24.5 Å². The second-order valence-corrected chi connectivity index (χ2v) is 10.1. The van der Waals surface area contributed by atoms with Gasteiger partial charge in [-0.05, 0) is 82.2 Å². The fourth-order valence-electron chi connectivity index (χ4n) is 4.13. The number of aromatic carboxylic acids is 1. The minimum absolute atomic E-state index is 0.0230. The number of urea groups is 1. The summed E-state index contributed by atoms with van der Waals surface area (Å²) < 4.78 is 58.5. The summed E-state index contributed by atoms with van der Waals surface area (Å²) in [5.41, 5.74) is 0.101. The Bertz CT molecular complexity index is 1510. The van der Waals surface area contributed by atoms with Gasteiger partial charge in [0.25, 0.3) is 0 Å². The van der Waals surface area contributed by atoms with Crippen LogP contribution < -0.4 is 15.4 Å². The fraction of sp³-hybridized carbons (Fsp3) is 0.138. The number of carbonyl (C=O) groups is 2. The van der Waals surface area contributed by atoms with E-state index in [-0.39, 0.29) is 23.2 Å². The van der Waals surface area contributed by atoms with E-state index in [2.05, 4.69) is 42.9 Å². The highest BCUT2D eigenvalue weighted by atomic mass is 127. The molecule has 4 aromatic rings. The van der Waals surface area contributed by atoms with Crippen molar-refractivity contribution < 1.29 is 37.0 Å². The number of amides is 2. The summed E-state index contributed by atoms with van der Waals surface area (Å²) in [5.74, 6) is -1.67. The lowest BCUT2D eigenvalue weighted by Crippen LogP contribution is -2.50. The van der Waals surface area contributed by atoms with Gasteiger partial charge >= 0.3 is 24.5 Å². The van der Waals surface area contributed by atoms with Crippen molar-refractivity contribution >= 4 is 40.3 Å². The number of anilines is 1. The highest BCUT2D eigenvalue weighted by Gasteiger charge is 2.44. The maximum absolute atomic E-state index is 13.8. The minimum Gasteiger partial charge on any atom is -0.478 e. The Morgan fingerprint density at radius 2 is 1.66 bits per heavy atom. The fourth-order valence-corrected chi connectivity index (χ4v) is 4.45. The number of carboxylic acid groups (broad SMARTS) is 1. The number of nitrogens with one attached hydrogen (secondary N) is 2. The molecular formula is C29H22F4IN3O4. The second kappa shape index (κ2) is 12.5. The Balaban J connectivity index is 1.81. The topological polar surface area (TPSA) is 101 Å². The monoisotopic (exact) mass is 679 g/mol. The van der Waals surface area contributed by atoms with E-state index < -0.39 is 35.8 Å². The highest BCUT2D eigenvalue weighted by Crippen LogP contribution is 2.36. The molecule has 0 aliphatic rings. The van der Waals surface area contributed by atoms with Crippen LogP contribution in [0.5, 0.6) is 5.75 Å². The Morgan fingerprint density at radius 1 is 0.951 bits per heavy atom. The van der Waals surface area contributed by atoms with Gasteiger partial charge in [-0.2, -0.15) is 17.6 Å². The van der Waals surface area contributed by atoms with Gasteiger partial charge in [0.15, 0.2) is 0 Å². The summed E-state index contributed by atoms with van der Waals surface area (Å²) in [7, 11) is 0. The number of ether oxygens (including phenoxy) is 1. The Labute approximate surface area is 245 Å². The molecule has 41 heavy (non-hydrogen) atoms. The van der Waals surface area contributed by atoms with Crippen LogP contribution in [0.4, 0.5) is 28.0 Å². The molecule has 0 unspecified atom stereocenters.